The van der Waals surface area contributed by atoms with Gasteiger partial charge >= 0.3 is 0 Å². The van der Waals surface area contributed by atoms with Gasteiger partial charge in [-0.15, -0.1) is 0 Å². The van der Waals surface area contributed by atoms with Crippen LogP contribution in [0.1, 0.15) is 6.92 Å². The molecule has 0 amide bonds. The number of para-hydroxylation sites is 1. The molecule has 0 aliphatic carbocycles. The number of hydrogen-bond donors (Lipinski definition) is 2. The van der Waals surface area contributed by atoms with E-state index in [-0.39, 0.29) is 0 Å². The maximum Gasteiger partial charge on any atom is 0.135 e. The van der Waals surface area contributed by atoms with Crippen LogP contribution in [0.15, 0.2) is 41.1 Å². The first-order chi connectivity index (χ1) is 8.29. The molecule has 0 unspecified atom stereocenters. The van der Waals surface area contributed by atoms with Crippen LogP contribution in [-0.4, -0.2) is 16.5 Å². The number of nitrogens with one attached hydrogen (secondary N) is 2. The minimum atomic E-state index is 0.767. The summed E-state index contributed by atoms with van der Waals surface area (Å²) in [5.41, 5.74) is 0.980. The lowest BCUT2D eigenvalue weighted by molar-refractivity contribution is 1.11. The summed E-state index contributed by atoms with van der Waals surface area (Å²) < 4.78 is 1.00. The van der Waals surface area contributed by atoms with Crippen molar-refractivity contribution in [1.82, 2.24) is 9.97 Å². The minimum absolute atomic E-state index is 0.767. The zero-order chi connectivity index (χ0) is 12.1. The molecule has 2 rings (SSSR count). The van der Waals surface area contributed by atoms with E-state index in [1.807, 2.05) is 37.3 Å². The molecule has 0 saturated heterocycles. The van der Waals surface area contributed by atoms with Gasteiger partial charge in [-0.1, -0.05) is 12.1 Å². The molecule has 0 radical (unpaired) electrons. The Labute approximate surface area is 109 Å². The van der Waals surface area contributed by atoms with E-state index in [2.05, 4.69) is 36.5 Å². The molecule has 0 fully saturated rings. The molecule has 0 spiro atoms. The third kappa shape index (κ3) is 3.17. The summed E-state index contributed by atoms with van der Waals surface area (Å²) in [6, 6.07) is 9.79. The monoisotopic (exact) mass is 292 g/mol. The Bertz CT molecular complexity index is 501. The Morgan fingerprint density at radius 3 is 2.71 bits per heavy atom. The van der Waals surface area contributed by atoms with Gasteiger partial charge in [0.05, 0.1) is 5.69 Å². The summed E-state index contributed by atoms with van der Waals surface area (Å²) in [6.45, 7) is 2.87. The highest BCUT2D eigenvalue weighted by molar-refractivity contribution is 9.10. The lowest BCUT2D eigenvalue weighted by Gasteiger charge is -2.08. The second kappa shape index (κ2) is 5.63. The number of rotatable bonds is 4. The number of benzene rings is 1. The average Bonchev–Trinajstić information content (AvgIpc) is 2.33. The molecule has 0 saturated carbocycles. The maximum atomic E-state index is 4.17. The van der Waals surface area contributed by atoms with Crippen LogP contribution in [0.2, 0.25) is 0 Å². The van der Waals surface area contributed by atoms with Crippen LogP contribution in [0.25, 0.3) is 0 Å². The van der Waals surface area contributed by atoms with Crippen molar-refractivity contribution in [1.29, 1.82) is 0 Å². The van der Waals surface area contributed by atoms with E-state index in [0.717, 1.165) is 28.3 Å². The first kappa shape index (κ1) is 11.9. The van der Waals surface area contributed by atoms with Gasteiger partial charge in [-0.25, -0.2) is 9.97 Å². The van der Waals surface area contributed by atoms with E-state index in [9.17, 15) is 0 Å². The van der Waals surface area contributed by atoms with E-state index < -0.39 is 0 Å². The van der Waals surface area contributed by atoms with Crippen LogP contribution >= 0.6 is 15.9 Å². The lowest BCUT2D eigenvalue weighted by atomic mass is 10.3. The smallest absolute Gasteiger partial charge is 0.135 e. The summed E-state index contributed by atoms with van der Waals surface area (Å²) in [7, 11) is 0. The van der Waals surface area contributed by atoms with Crippen LogP contribution in [0.5, 0.6) is 0 Å². The highest BCUT2D eigenvalue weighted by Gasteiger charge is 2.01. The molecule has 1 aromatic heterocycles. The van der Waals surface area contributed by atoms with Gasteiger partial charge in [0.1, 0.15) is 18.0 Å². The van der Waals surface area contributed by atoms with Crippen molar-refractivity contribution in [2.75, 3.05) is 17.2 Å². The third-order valence-electron chi connectivity index (χ3n) is 2.16. The summed E-state index contributed by atoms with van der Waals surface area (Å²) in [5, 5.41) is 6.38. The summed E-state index contributed by atoms with van der Waals surface area (Å²) >= 11 is 3.48. The standard InChI is InChI=1S/C12H13BrN4/c1-2-14-11-7-12(16-8-15-11)17-10-6-4-3-5-9(10)13/h3-8H,2H2,1H3,(H2,14,15,16,17). The molecule has 17 heavy (non-hydrogen) atoms. The van der Waals surface area contributed by atoms with Gasteiger partial charge in [0, 0.05) is 17.1 Å². The number of aromatic nitrogens is 2. The highest BCUT2D eigenvalue weighted by atomic mass is 79.9. The fraction of sp³-hybridized carbons (Fsp3) is 0.167. The van der Waals surface area contributed by atoms with Crippen LogP contribution in [0, 0.1) is 0 Å². The predicted molar refractivity (Wildman–Crippen MR) is 73.6 cm³/mol. The number of halogens is 1. The SMILES string of the molecule is CCNc1cc(Nc2ccccc2Br)ncn1. The molecular formula is C12H13BrN4. The molecule has 0 bridgehead atoms. The molecule has 4 nitrogen and oxygen atoms in total. The zero-order valence-corrected chi connectivity index (χ0v) is 11.0. The van der Waals surface area contributed by atoms with Crippen LogP contribution in [0.4, 0.5) is 17.3 Å². The second-order valence-corrected chi connectivity index (χ2v) is 4.28. The Balaban J connectivity index is 2.18. The Hall–Kier alpha value is -1.62. The van der Waals surface area contributed by atoms with Crippen molar-refractivity contribution >= 4 is 33.3 Å². The third-order valence-corrected chi connectivity index (χ3v) is 2.85. The molecule has 0 aliphatic heterocycles. The van der Waals surface area contributed by atoms with E-state index in [0.29, 0.717) is 0 Å². The number of anilines is 3. The van der Waals surface area contributed by atoms with Gasteiger partial charge in [0.2, 0.25) is 0 Å². The van der Waals surface area contributed by atoms with Crippen molar-refractivity contribution in [2.45, 2.75) is 6.92 Å². The van der Waals surface area contributed by atoms with Crippen LogP contribution in [-0.2, 0) is 0 Å². The highest BCUT2D eigenvalue weighted by Crippen LogP contribution is 2.24. The molecule has 5 heteroatoms. The lowest BCUT2D eigenvalue weighted by Crippen LogP contribution is -2.01. The maximum absolute atomic E-state index is 4.17. The van der Waals surface area contributed by atoms with E-state index in [1.165, 1.54) is 6.33 Å². The fourth-order valence-corrected chi connectivity index (χ4v) is 1.79. The molecule has 1 aromatic carbocycles. The van der Waals surface area contributed by atoms with Crippen molar-refractivity contribution < 1.29 is 0 Å². The number of hydrogen-bond acceptors (Lipinski definition) is 4. The summed E-state index contributed by atoms with van der Waals surface area (Å²) in [4.78, 5) is 8.29. The molecule has 2 N–H and O–H groups in total. The van der Waals surface area contributed by atoms with Gasteiger partial charge < -0.3 is 10.6 Å². The fourth-order valence-electron chi connectivity index (χ4n) is 1.40. The molecular weight excluding hydrogens is 280 g/mol. The first-order valence-corrected chi connectivity index (χ1v) is 6.16. The van der Waals surface area contributed by atoms with Gasteiger partial charge in [0.15, 0.2) is 0 Å². The quantitative estimate of drug-likeness (QED) is 0.907. The second-order valence-electron chi connectivity index (χ2n) is 3.42. The molecule has 1 heterocycles. The minimum Gasteiger partial charge on any atom is -0.370 e. The van der Waals surface area contributed by atoms with Crippen molar-refractivity contribution in [2.24, 2.45) is 0 Å². The number of nitrogens with zero attached hydrogens (tertiary/aromatic N) is 2. The molecule has 2 aromatic rings. The normalized spacial score (nSPS) is 10.0. The average molecular weight is 293 g/mol. The zero-order valence-electron chi connectivity index (χ0n) is 9.44. The van der Waals surface area contributed by atoms with Gasteiger partial charge in [-0.2, -0.15) is 0 Å². The Kier molecular flexibility index (Phi) is 3.93. The molecule has 88 valence electrons. The Morgan fingerprint density at radius 1 is 1.18 bits per heavy atom. The molecule has 0 atom stereocenters. The van der Waals surface area contributed by atoms with E-state index >= 15 is 0 Å². The van der Waals surface area contributed by atoms with Gasteiger partial charge in [-0.05, 0) is 35.0 Å². The van der Waals surface area contributed by atoms with Gasteiger partial charge in [-0.3, -0.25) is 0 Å². The van der Waals surface area contributed by atoms with Crippen molar-refractivity contribution in [3.63, 3.8) is 0 Å². The summed E-state index contributed by atoms with van der Waals surface area (Å²) in [6.07, 6.45) is 1.54. The van der Waals surface area contributed by atoms with Crippen LogP contribution in [0.3, 0.4) is 0 Å². The van der Waals surface area contributed by atoms with E-state index in [4.69, 9.17) is 0 Å². The largest absolute Gasteiger partial charge is 0.370 e. The van der Waals surface area contributed by atoms with Gasteiger partial charge in [0.25, 0.3) is 0 Å². The first-order valence-electron chi connectivity index (χ1n) is 5.37. The topological polar surface area (TPSA) is 49.8 Å². The van der Waals surface area contributed by atoms with Crippen molar-refractivity contribution in [3.05, 3.63) is 41.1 Å². The van der Waals surface area contributed by atoms with Crippen LogP contribution < -0.4 is 10.6 Å². The molecule has 0 aliphatic rings. The summed E-state index contributed by atoms with van der Waals surface area (Å²) in [5.74, 6) is 1.58. The van der Waals surface area contributed by atoms with E-state index in [1.54, 1.807) is 0 Å². The predicted octanol–water partition coefficient (Wildman–Crippen LogP) is 3.41. The Morgan fingerprint density at radius 2 is 1.94 bits per heavy atom. The van der Waals surface area contributed by atoms with Crippen molar-refractivity contribution in [3.8, 4) is 0 Å².